The van der Waals surface area contributed by atoms with Gasteiger partial charge in [-0.05, 0) is 30.7 Å². The first-order chi connectivity index (χ1) is 14.8. The third kappa shape index (κ3) is 4.17. The molecule has 1 aromatic carbocycles. The summed E-state index contributed by atoms with van der Waals surface area (Å²) in [5.74, 6) is 1.05. The maximum absolute atomic E-state index is 10.9. The van der Waals surface area contributed by atoms with Crippen molar-refractivity contribution in [3.8, 4) is 0 Å². The molecule has 156 valence electrons. The Morgan fingerprint density at radius 2 is 1.73 bits per heavy atom. The molecule has 0 saturated carbocycles. The van der Waals surface area contributed by atoms with Gasteiger partial charge in [0.25, 0.3) is 0 Å². The smallest absolute Gasteiger partial charge is 0.128 e. The number of piperidine rings is 1. The molecule has 0 unspecified atom stereocenters. The molecule has 2 aliphatic heterocycles. The van der Waals surface area contributed by atoms with Gasteiger partial charge >= 0.3 is 0 Å². The first kappa shape index (κ1) is 19.4. The van der Waals surface area contributed by atoms with E-state index in [-0.39, 0.29) is 12.1 Å². The summed E-state index contributed by atoms with van der Waals surface area (Å²) in [5.41, 5.74) is 2.11. The number of hydrogen-bond acceptors (Lipinski definition) is 6. The molecule has 2 fully saturated rings. The van der Waals surface area contributed by atoms with Gasteiger partial charge in [-0.2, -0.15) is 0 Å². The molecule has 0 spiro atoms. The molecular formula is C24H29N5O. The Hall–Kier alpha value is -2.54. The summed E-state index contributed by atoms with van der Waals surface area (Å²) in [5, 5.41) is 12.1. The fourth-order valence-electron chi connectivity index (χ4n) is 4.80. The molecule has 30 heavy (non-hydrogen) atoms. The minimum atomic E-state index is -0.319. The molecule has 4 heterocycles. The van der Waals surface area contributed by atoms with Crippen LogP contribution in [-0.4, -0.2) is 76.3 Å². The molecule has 0 amide bonds. The van der Waals surface area contributed by atoms with Crippen molar-refractivity contribution in [1.29, 1.82) is 0 Å². The van der Waals surface area contributed by atoms with Gasteiger partial charge in [0.1, 0.15) is 5.82 Å². The molecule has 3 aromatic rings. The summed E-state index contributed by atoms with van der Waals surface area (Å²) in [7, 11) is 0. The number of likely N-dealkylation sites (tertiary alicyclic amines) is 1. The summed E-state index contributed by atoms with van der Waals surface area (Å²) in [4.78, 5) is 16.4. The number of pyridine rings is 2. The second-order valence-corrected chi connectivity index (χ2v) is 8.36. The van der Waals surface area contributed by atoms with E-state index in [0.717, 1.165) is 62.7 Å². The molecule has 0 bridgehead atoms. The minimum absolute atomic E-state index is 0.247. The first-order valence-corrected chi connectivity index (χ1v) is 10.9. The average Bonchev–Trinajstić information content (AvgIpc) is 2.80. The first-order valence-electron chi connectivity index (χ1n) is 10.9. The normalized spacial score (nSPS) is 23.7. The third-order valence-corrected chi connectivity index (χ3v) is 6.43. The van der Waals surface area contributed by atoms with Crippen LogP contribution in [0, 0.1) is 0 Å². The van der Waals surface area contributed by atoms with Crippen LogP contribution >= 0.6 is 0 Å². The molecule has 1 N–H and O–H groups in total. The highest BCUT2D eigenvalue weighted by Gasteiger charge is 2.33. The van der Waals surface area contributed by atoms with Crippen LogP contribution < -0.4 is 4.90 Å². The van der Waals surface area contributed by atoms with Crippen molar-refractivity contribution in [2.24, 2.45) is 0 Å². The van der Waals surface area contributed by atoms with Crippen LogP contribution in [0.2, 0.25) is 0 Å². The molecule has 6 nitrogen and oxygen atoms in total. The summed E-state index contributed by atoms with van der Waals surface area (Å²) in [6.07, 6.45) is 2.53. The van der Waals surface area contributed by atoms with Crippen LogP contribution in [0.15, 0.2) is 60.8 Å². The van der Waals surface area contributed by atoms with Crippen LogP contribution in [0.4, 0.5) is 5.82 Å². The van der Waals surface area contributed by atoms with Crippen molar-refractivity contribution in [3.05, 3.63) is 66.5 Å². The van der Waals surface area contributed by atoms with Gasteiger partial charge in [0.2, 0.25) is 0 Å². The van der Waals surface area contributed by atoms with E-state index in [1.165, 1.54) is 5.39 Å². The van der Waals surface area contributed by atoms with E-state index in [0.29, 0.717) is 6.54 Å². The second-order valence-electron chi connectivity index (χ2n) is 8.36. The average molecular weight is 404 g/mol. The minimum Gasteiger partial charge on any atom is -0.390 e. The zero-order valence-corrected chi connectivity index (χ0v) is 17.3. The number of nitrogens with zero attached hydrogens (tertiary/aromatic N) is 5. The molecule has 2 saturated heterocycles. The lowest BCUT2D eigenvalue weighted by atomic mass is 9.99. The van der Waals surface area contributed by atoms with Gasteiger partial charge in [0.05, 0.1) is 17.3 Å². The summed E-state index contributed by atoms with van der Waals surface area (Å²) in [6, 6.07) is 18.8. The van der Waals surface area contributed by atoms with E-state index in [1.807, 2.05) is 30.5 Å². The molecule has 2 aromatic heterocycles. The molecule has 5 rings (SSSR count). The summed E-state index contributed by atoms with van der Waals surface area (Å²) >= 11 is 0. The maximum atomic E-state index is 10.9. The van der Waals surface area contributed by atoms with Gasteiger partial charge in [-0.25, -0.2) is 4.98 Å². The third-order valence-electron chi connectivity index (χ3n) is 6.43. The molecular weight excluding hydrogens is 374 g/mol. The number of benzene rings is 1. The fourth-order valence-corrected chi connectivity index (χ4v) is 4.80. The number of aliphatic hydroxyl groups excluding tert-OH is 1. The van der Waals surface area contributed by atoms with Crippen LogP contribution in [0.3, 0.4) is 0 Å². The lowest BCUT2D eigenvalue weighted by molar-refractivity contribution is -0.0174. The van der Waals surface area contributed by atoms with Crippen LogP contribution in [0.5, 0.6) is 0 Å². The summed E-state index contributed by atoms with van der Waals surface area (Å²) in [6.45, 7) is 6.38. The van der Waals surface area contributed by atoms with Crippen LogP contribution in [0.25, 0.3) is 10.9 Å². The van der Waals surface area contributed by atoms with Crippen molar-refractivity contribution >= 4 is 16.7 Å². The van der Waals surface area contributed by atoms with Crippen molar-refractivity contribution in [2.45, 2.75) is 25.1 Å². The number of anilines is 1. The highest BCUT2D eigenvalue weighted by Crippen LogP contribution is 2.22. The van der Waals surface area contributed by atoms with Crippen LogP contribution in [0.1, 0.15) is 12.1 Å². The quantitative estimate of drug-likeness (QED) is 0.722. The SMILES string of the molecule is O[C@@H]1CN(Cc2ccc3ccccc3n2)CC[C@H]1N1CCN(c2ccccn2)CC1. The largest absolute Gasteiger partial charge is 0.390 e. The number of piperazine rings is 1. The van der Waals surface area contributed by atoms with Gasteiger partial charge in [-0.3, -0.25) is 14.8 Å². The van der Waals surface area contributed by atoms with Gasteiger partial charge < -0.3 is 10.0 Å². The van der Waals surface area contributed by atoms with E-state index in [9.17, 15) is 5.11 Å². The van der Waals surface area contributed by atoms with E-state index in [4.69, 9.17) is 4.98 Å². The number of aromatic nitrogens is 2. The zero-order valence-electron chi connectivity index (χ0n) is 17.3. The Balaban J connectivity index is 1.16. The Labute approximate surface area is 177 Å². The Morgan fingerprint density at radius 3 is 2.53 bits per heavy atom. The molecule has 0 aliphatic carbocycles. The highest BCUT2D eigenvalue weighted by molar-refractivity contribution is 5.78. The molecule has 2 atom stereocenters. The van der Waals surface area contributed by atoms with Crippen molar-refractivity contribution in [2.75, 3.05) is 44.2 Å². The topological polar surface area (TPSA) is 55.7 Å². The van der Waals surface area contributed by atoms with Gasteiger partial charge in [-0.1, -0.05) is 30.3 Å². The van der Waals surface area contributed by atoms with Crippen LogP contribution in [-0.2, 0) is 6.54 Å². The van der Waals surface area contributed by atoms with Gasteiger partial charge in [0.15, 0.2) is 0 Å². The zero-order chi connectivity index (χ0) is 20.3. The molecule has 6 heteroatoms. The summed E-state index contributed by atoms with van der Waals surface area (Å²) < 4.78 is 0. The number of β-amino-alcohol motifs (C(OH)–C–C–N with tert-alkyl or cyclic N) is 1. The lowest BCUT2D eigenvalue weighted by Crippen LogP contribution is -2.58. The molecule has 0 radical (unpaired) electrons. The van der Waals surface area contributed by atoms with E-state index in [1.54, 1.807) is 0 Å². The number of rotatable bonds is 4. The standard InChI is InChI=1S/C24H29N5O/c30-23-18-27(17-20-9-8-19-5-1-2-6-21(19)26-20)12-10-22(23)28-13-15-29(16-14-28)24-7-3-4-11-25-24/h1-9,11,22-23,30H,10,12-18H2/t22-,23-/m1/s1. The Bertz CT molecular complexity index is 974. The number of fused-ring (bicyclic) bond motifs is 1. The fraction of sp³-hybridized carbons (Fsp3) is 0.417. The van der Waals surface area contributed by atoms with E-state index < -0.39 is 0 Å². The highest BCUT2D eigenvalue weighted by atomic mass is 16.3. The molecule has 2 aliphatic rings. The second kappa shape index (κ2) is 8.68. The monoisotopic (exact) mass is 403 g/mol. The van der Waals surface area contributed by atoms with Crippen molar-refractivity contribution in [1.82, 2.24) is 19.8 Å². The van der Waals surface area contributed by atoms with Gasteiger partial charge in [-0.15, -0.1) is 0 Å². The predicted octanol–water partition coefficient (Wildman–Crippen LogP) is 2.39. The van der Waals surface area contributed by atoms with Crippen molar-refractivity contribution in [3.63, 3.8) is 0 Å². The number of aliphatic hydroxyl groups is 1. The van der Waals surface area contributed by atoms with E-state index in [2.05, 4.69) is 50.0 Å². The maximum Gasteiger partial charge on any atom is 0.128 e. The lowest BCUT2D eigenvalue weighted by Gasteiger charge is -2.45. The Morgan fingerprint density at radius 1 is 0.900 bits per heavy atom. The number of hydrogen-bond donors (Lipinski definition) is 1. The van der Waals surface area contributed by atoms with Gasteiger partial charge in [0, 0.05) is 63.4 Å². The van der Waals surface area contributed by atoms with E-state index >= 15 is 0 Å². The predicted molar refractivity (Wildman–Crippen MR) is 119 cm³/mol. The number of para-hydroxylation sites is 1. The van der Waals surface area contributed by atoms with Crippen molar-refractivity contribution < 1.29 is 5.11 Å². The Kier molecular flexibility index (Phi) is 5.62.